The predicted molar refractivity (Wildman–Crippen MR) is 89.8 cm³/mol. The van der Waals surface area contributed by atoms with Crippen molar-refractivity contribution in [2.24, 2.45) is 11.6 Å². The molecule has 24 heavy (non-hydrogen) atoms. The summed E-state index contributed by atoms with van der Waals surface area (Å²) in [5.41, 5.74) is 8.38. The van der Waals surface area contributed by atoms with E-state index in [0.29, 0.717) is 5.82 Å². The van der Waals surface area contributed by atoms with Crippen molar-refractivity contribution >= 4 is 17.6 Å². The Labute approximate surface area is 139 Å². The van der Waals surface area contributed by atoms with E-state index in [4.69, 9.17) is 11.6 Å². The molecule has 0 saturated carbocycles. The molecule has 0 radical (unpaired) electrons. The van der Waals surface area contributed by atoms with Crippen LogP contribution in [0.2, 0.25) is 0 Å². The zero-order chi connectivity index (χ0) is 17.1. The maximum atomic E-state index is 12.1. The van der Waals surface area contributed by atoms with E-state index in [9.17, 15) is 9.59 Å². The molecule has 8 heteroatoms. The monoisotopic (exact) mass is 328 g/mol. The molecular weight excluding hydrogens is 308 g/mol. The standard InChI is InChI=1S/C16H20N6O2/c17-14(23)12-13(15(24)19-18)20-22(11-7-3-1-4-8-11)16(12)21-9-5-2-6-10-21/h1,3-4,7-8H,2,5-6,9-10,18H2,(H2,17,23)(H,19,24). The van der Waals surface area contributed by atoms with Crippen LogP contribution in [0.25, 0.3) is 5.69 Å². The van der Waals surface area contributed by atoms with Crippen LogP contribution in [-0.2, 0) is 0 Å². The quantitative estimate of drug-likeness (QED) is 0.430. The largest absolute Gasteiger partial charge is 0.365 e. The Balaban J connectivity index is 2.23. The van der Waals surface area contributed by atoms with Crippen LogP contribution in [0.4, 0.5) is 5.82 Å². The van der Waals surface area contributed by atoms with Gasteiger partial charge in [0.1, 0.15) is 11.4 Å². The number of anilines is 1. The van der Waals surface area contributed by atoms with Gasteiger partial charge >= 0.3 is 0 Å². The summed E-state index contributed by atoms with van der Waals surface area (Å²) in [5.74, 6) is 4.44. The maximum Gasteiger partial charge on any atom is 0.286 e. The molecule has 0 spiro atoms. The molecule has 0 aliphatic carbocycles. The van der Waals surface area contributed by atoms with Crippen LogP contribution in [0, 0.1) is 0 Å². The Morgan fingerprint density at radius 1 is 1.08 bits per heavy atom. The summed E-state index contributed by atoms with van der Waals surface area (Å²) in [7, 11) is 0. The highest BCUT2D eigenvalue weighted by molar-refractivity contribution is 6.09. The smallest absolute Gasteiger partial charge is 0.286 e. The summed E-state index contributed by atoms with van der Waals surface area (Å²) < 4.78 is 1.59. The van der Waals surface area contributed by atoms with Crippen LogP contribution in [-0.4, -0.2) is 34.7 Å². The number of hydrogen-bond donors (Lipinski definition) is 3. The molecule has 1 aliphatic rings. The third-order valence-corrected chi connectivity index (χ3v) is 4.11. The number of nitrogens with two attached hydrogens (primary N) is 2. The van der Waals surface area contributed by atoms with Gasteiger partial charge in [0.15, 0.2) is 5.69 Å². The van der Waals surface area contributed by atoms with Crippen LogP contribution in [0.15, 0.2) is 30.3 Å². The molecule has 2 amide bonds. The van der Waals surface area contributed by atoms with Crippen LogP contribution in [0.1, 0.15) is 40.1 Å². The number of carbonyl (C=O) groups excluding carboxylic acids is 2. The zero-order valence-electron chi connectivity index (χ0n) is 13.2. The van der Waals surface area contributed by atoms with E-state index in [2.05, 4.69) is 10.00 Å². The number of nitrogen functional groups attached to an aromatic ring is 1. The second-order valence-electron chi connectivity index (χ2n) is 5.68. The molecule has 126 valence electrons. The van der Waals surface area contributed by atoms with Crippen molar-refractivity contribution in [2.75, 3.05) is 18.0 Å². The van der Waals surface area contributed by atoms with Crippen molar-refractivity contribution in [1.82, 2.24) is 15.2 Å². The van der Waals surface area contributed by atoms with Gasteiger partial charge in [-0.1, -0.05) is 18.2 Å². The fourth-order valence-corrected chi connectivity index (χ4v) is 3.01. The van der Waals surface area contributed by atoms with Gasteiger partial charge in [-0.25, -0.2) is 10.5 Å². The number of benzene rings is 1. The number of carbonyl (C=O) groups is 2. The molecule has 5 N–H and O–H groups in total. The summed E-state index contributed by atoms with van der Waals surface area (Å²) in [4.78, 5) is 26.2. The van der Waals surface area contributed by atoms with Gasteiger partial charge in [0, 0.05) is 13.1 Å². The van der Waals surface area contributed by atoms with Crippen LogP contribution in [0.3, 0.4) is 0 Å². The molecule has 0 atom stereocenters. The fraction of sp³-hybridized carbons (Fsp3) is 0.312. The summed E-state index contributed by atoms with van der Waals surface area (Å²) in [6.45, 7) is 1.56. The Morgan fingerprint density at radius 2 is 1.75 bits per heavy atom. The van der Waals surface area contributed by atoms with Gasteiger partial charge in [-0.3, -0.25) is 15.0 Å². The van der Waals surface area contributed by atoms with Gasteiger partial charge in [-0.2, -0.15) is 5.10 Å². The molecule has 0 bridgehead atoms. The molecule has 3 rings (SSSR count). The van der Waals surface area contributed by atoms with Gasteiger partial charge < -0.3 is 10.6 Å². The summed E-state index contributed by atoms with van der Waals surface area (Å²) >= 11 is 0. The molecule has 2 heterocycles. The first-order valence-corrected chi connectivity index (χ1v) is 7.87. The van der Waals surface area contributed by atoms with Crippen molar-refractivity contribution in [3.8, 4) is 5.69 Å². The molecular formula is C16H20N6O2. The van der Waals surface area contributed by atoms with E-state index in [1.54, 1.807) is 4.68 Å². The second-order valence-corrected chi connectivity index (χ2v) is 5.68. The highest BCUT2D eigenvalue weighted by Gasteiger charge is 2.30. The first-order valence-electron chi connectivity index (χ1n) is 7.87. The molecule has 1 aromatic carbocycles. The fourth-order valence-electron chi connectivity index (χ4n) is 3.01. The first kappa shape index (κ1) is 16.0. The van der Waals surface area contributed by atoms with Crippen LogP contribution >= 0.6 is 0 Å². The first-order chi connectivity index (χ1) is 11.6. The number of hydrogen-bond acceptors (Lipinski definition) is 5. The highest BCUT2D eigenvalue weighted by Crippen LogP contribution is 2.29. The minimum atomic E-state index is -0.698. The Bertz CT molecular complexity index is 749. The SMILES string of the molecule is NNC(=O)c1nn(-c2ccccc2)c(N2CCCCC2)c1C(N)=O. The molecule has 2 aromatic rings. The predicted octanol–water partition coefficient (Wildman–Crippen LogP) is 0.565. The number of rotatable bonds is 4. The van der Waals surface area contributed by atoms with Crippen LogP contribution in [0.5, 0.6) is 0 Å². The summed E-state index contributed by atoms with van der Waals surface area (Å²) in [6.07, 6.45) is 3.16. The minimum absolute atomic E-state index is 0.0607. The average molecular weight is 328 g/mol. The van der Waals surface area contributed by atoms with Crippen molar-refractivity contribution < 1.29 is 9.59 Å². The molecule has 8 nitrogen and oxygen atoms in total. The number of piperidine rings is 1. The van der Waals surface area contributed by atoms with Crippen molar-refractivity contribution in [3.63, 3.8) is 0 Å². The normalized spacial score (nSPS) is 14.5. The topological polar surface area (TPSA) is 119 Å². The number of hydrazine groups is 1. The molecule has 1 aliphatic heterocycles. The third-order valence-electron chi connectivity index (χ3n) is 4.11. The lowest BCUT2D eigenvalue weighted by atomic mass is 10.1. The van der Waals surface area contributed by atoms with Crippen LogP contribution < -0.4 is 21.9 Å². The number of amides is 2. The summed E-state index contributed by atoms with van der Waals surface area (Å²) in [5, 5.41) is 4.33. The van der Waals surface area contributed by atoms with Crippen molar-refractivity contribution in [2.45, 2.75) is 19.3 Å². The number of nitrogens with zero attached hydrogens (tertiary/aromatic N) is 3. The van der Waals surface area contributed by atoms with Gasteiger partial charge in [0.2, 0.25) is 0 Å². The summed E-state index contributed by atoms with van der Waals surface area (Å²) in [6, 6.07) is 9.33. The average Bonchev–Trinajstić information content (AvgIpc) is 3.03. The minimum Gasteiger partial charge on any atom is -0.365 e. The Kier molecular flexibility index (Phi) is 4.48. The lowest BCUT2D eigenvalue weighted by Gasteiger charge is -2.29. The Hall–Kier alpha value is -2.87. The van der Waals surface area contributed by atoms with E-state index < -0.39 is 11.8 Å². The number of para-hydroxylation sites is 1. The third kappa shape index (κ3) is 2.83. The van der Waals surface area contributed by atoms with Crippen molar-refractivity contribution in [1.29, 1.82) is 0 Å². The number of nitrogens with one attached hydrogen (secondary N) is 1. The maximum absolute atomic E-state index is 12.1. The highest BCUT2D eigenvalue weighted by atomic mass is 16.2. The van der Waals surface area contributed by atoms with E-state index in [1.807, 2.05) is 35.8 Å². The van der Waals surface area contributed by atoms with Gasteiger partial charge in [0.25, 0.3) is 11.8 Å². The lowest BCUT2D eigenvalue weighted by Crippen LogP contribution is -2.34. The molecule has 1 fully saturated rings. The zero-order valence-corrected chi connectivity index (χ0v) is 13.2. The van der Waals surface area contributed by atoms with Gasteiger partial charge in [-0.05, 0) is 31.4 Å². The molecule has 1 aromatic heterocycles. The van der Waals surface area contributed by atoms with E-state index in [-0.39, 0.29) is 11.3 Å². The van der Waals surface area contributed by atoms with E-state index >= 15 is 0 Å². The molecule has 1 saturated heterocycles. The number of aromatic nitrogens is 2. The van der Waals surface area contributed by atoms with Gasteiger partial charge in [-0.15, -0.1) is 0 Å². The molecule has 0 unspecified atom stereocenters. The second kappa shape index (κ2) is 6.71. The number of primary amides is 1. The van der Waals surface area contributed by atoms with E-state index in [1.165, 1.54) is 0 Å². The van der Waals surface area contributed by atoms with Gasteiger partial charge in [0.05, 0.1) is 5.69 Å². The van der Waals surface area contributed by atoms with E-state index in [0.717, 1.165) is 38.0 Å². The van der Waals surface area contributed by atoms with Crippen molar-refractivity contribution in [3.05, 3.63) is 41.6 Å². The lowest BCUT2D eigenvalue weighted by molar-refractivity contribution is 0.0932. The Morgan fingerprint density at radius 3 is 2.33 bits per heavy atom.